The summed E-state index contributed by atoms with van der Waals surface area (Å²) in [5, 5.41) is 44.9. The van der Waals surface area contributed by atoms with Crippen LogP contribution < -0.4 is 39.4 Å². The molecule has 18 rings (SSSR count). The van der Waals surface area contributed by atoms with Crippen LogP contribution in [0.2, 0.25) is 0 Å². The molecule has 0 unspecified atom stereocenters. The molecule has 0 bridgehead atoms. The lowest BCUT2D eigenvalue weighted by molar-refractivity contribution is -0.308. The zero-order valence-corrected chi connectivity index (χ0v) is 71.1. The van der Waals surface area contributed by atoms with Crippen molar-refractivity contribution in [2.45, 2.75) is 44.1 Å². The van der Waals surface area contributed by atoms with Crippen LogP contribution in [0.5, 0.6) is 23.0 Å². The van der Waals surface area contributed by atoms with Crippen molar-refractivity contribution < 1.29 is 62.9 Å². The van der Waals surface area contributed by atoms with Crippen molar-refractivity contribution in [1.29, 1.82) is 0 Å². The first-order chi connectivity index (χ1) is 61.3. The number of hydrogen-bond acceptors (Lipinski definition) is 12. The van der Waals surface area contributed by atoms with E-state index in [1.807, 2.05) is 91.0 Å². The summed E-state index contributed by atoms with van der Waals surface area (Å²) in [5.74, 6) is -2.89. The van der Waals surface area contributed by atoms with E-state index in [0.717, 1.165) is 15.7 Å². The van der Waals surface area contributed by atoms with E-state index in [1.165, 1.54) is 70.3 Å². The predicted octanol–water partition coefficient (Wildman–Crippen LogP) is 20.6. The minimum atomic E-state index is -1.22. The molecule has 0 N–H and O–H groups in total. The molecule has 0 amide bonds. The number of thiophene rings is 1. The molecule has 0 aliphatic carbocycles. The van der Waals surface area contributed by atoms with Gasteiger partial charge in [0.2, 0.25) is 0 Å². The number of carbonyl (C=O) groups excluding carboxylic acids is 4. The van der Waals surface area contributed by atoms with Crippen LogP contribution in [0.3, 0.4) is 0 Å². The molecular weight excluding hydrogens is 1640 g/mol. The van der Waals surface area contributed by atoms with Gasteiger partial charge in [-0.2, -0.15) is 0 Å². The average molecular weight is 1720 g/mol. The average Bonchev–Trinajstić information content (AvgIpc) is 1.60. The first-order valence-electron chi connectivity index (χ1n) is 39.6. The molecule has 0 fully saturated rings. The number of benzene rings is 17. The standard InChI is InChI=1S/C18H14FS.C18H13S.2C18H15S.C12H10O3.3C8H8O3/c19-15-8-7-13-18(14-15)20(16-9-3-1-4-10-16)17-11-5-2-6-12-17;1-2-8-14(9-3-1)19-17-12-6-4-10-15(17)16-11-5-7-13-18(16)19;2*1-4-10-16(11-5-1)19(17-12-6-2-7-13-17)18-14-8-3-9-15-18;13-12(14)8-15-11-6-5-9-3-1-2-4-10(9)7-11;3*9-8(10)6-11-7-4-2-1-3-5-7/h1-14H;1-13H;2*1-15H;1-7H,8H2,(H,13,14);3*1-5H,6H2,(H,9,10)/q4*+1;;;;/p-4. The number of ether oxygens (including phenoxy) is 4. The van der Waals surface area contributed by atoms with E-state index in [9.17, 15) is 44.0 Å². The van der Waals surface area contributed by atoms with Crippen molar-refractivity contribution in [3.05, 3.63) is 485 Å². The van der Waals surface area contributed by atoms with E-state index in [0.29, 0.717) is 23.0 Å². The molecule has 0 aliphatic heterocycles. The third-order valence-electron chi connectivity index (χ3n) is 17.7. The predicted molar refractivity (Wildman–Crippen MR) is 495 cm³/mol. The number of carbonyl (C=O) groups is 4. The van der Waals surface area contributed by atoms with Gasteiger partial charge in [-0.3, -0.25) is 0 Å². The van der Waals surface area contributed by atoms with E-state index in [2.05, 4.69) is 285 Å². The van der Waals surface area contributed by atoms with Gasteiger partial charge in [-0.25, -0.2) is 4.39 Å². The van der Waals surface area contributed by atoms with Crippen LogP contribution in [0.25, 0.3) is 35.8 Å². The van der Waals surface area contributed by atoms with Crippen LogP contribution in [0.15, 0.2) is 523 Å². The number of aliphatic carboxylic acids is 4. The molecule has 18 aromatic rings. The number of carboxylic acid groups (broad SMARTS) is 4. The largest absolute Gasteiger partial charge is 0.546 e. The summed E-state index contributed by atoms with van der Waals surface area (Å²) in [6, 6.07) is 160. The minimum Gasteiger partial charge on any atom is -0.546 e. The molecule has 17 aromatic carbocycles. The summed E-state index contributed by atoms with van der Waals surface area (Å²) >= 11 is 0. The van der Waals surface area contributed by atoms with Gasteiger partial charge in [-0.1, -0.05) is 279 Å². The third-order valence-corrected chi connectivity index (χ3v) is 26.7. The van der Waals surface area contributed by atoms with Crippen molar-refractivity contribution in [3.63, 3.8) is 0 Å². The molecule has 0 spiro atoms. The molecule has 0 saturated heterocycles. The summed E-state index contributed by atoms with van der Waals surface area (Å²) in [6.45, 7) is -1.61. The van der Waals surface area contributed by atoms with Crippen LogP contribution in [0, 0.1) is 5.82 Å². The van der Waals surface area contributed by atoms with Crippen LogP contribution in [-0.4, -0.2) is 50.3 Å². The Hall–Kier alpha value is -14.7. The highest BCUT2D eigenvalue weighted by atomic mass is 32.2. The van der Waals surface area contributed by atoms with Crippen LogP contribution in [0.1, 0.15) is 0 Å². The fourth-order valence-corrected chi connectivity index (χ4v) is 21.0. The van der Waals surface area contributed by atoms with E-state index in [4.69, 9.17) is 18.9 Å². The van der Waals surface area contributed by atoms with E-state index in [-0.39, 0.29) is 49.0 Å². The maximum Gasteiger partial charge on any atom is 0.187 e. The highest BCUT2D eigenvalue weighted by molar-refractivity contribution is 7.97. The van der Waals surface area contributed by atoms with Gasteiger partial charge in [-0.15, -0.1) is 0 Å². The van der Waals surface area contributed by atoms with Crippen molar-refractivity contribution in [3.8, 4) is 27.9 Å². The molecular formula is C108H87FO12S4. The van der Waals surface area contributed by atoms with Gasteiger partial charge < -0.3 is 58.6 Å². The Morgan fingerprint density at radius 3 is 0.744 bits per heavy atom. The van der Waals surface area contributed by atoms with E-state index in [1.54, 1.807) is 97.1 Å². The Kier molecular flexibility index (Phi) is 36.8. The van der Waals surface area contributed by atoms with Crippen LogP contribution in [-0.2, 0) is 51.9 Å². The van der Waals surface area contributed by atoms with Crippen molar-refractivity contribution >= 4 is 98.0 Å². The van der Waals surface area contributed by atoms with Gasteiger partial charge in [0.05, 0.1) is 56.6 Å². The quantitative estimate of drug-likeness (QED) is 0.0583. The number of halogens is 1. The summed E-state index contributed by atoms with van der Waals surface area (Å²) < 4.78 is 35.9. The Morgan fingerprint density at radius 1 is 0.224 bits per heavy atom. The number of para-hydroxylation sites is 3. The van der Waals surface area contributed by atoms with Gasteiger partial charge in [0.15, 0.2) is 58.4 Å². The smallest absolute Gasteiger partial charge is 0.187 e. The summed E-state index contributed by atoms with van der Waals surface area (Å²) in [4.78, 5) is 53.0. The maximum absolute atomic E-state index is 13.6. The number of hydrogen-bond donors (Lipinski definition) is 0. The Balaban J connectivity index is 0.000000140. The highest BCUT2D eigenvalue weighted by Gasteiger charge is 2.31. The first kappa shape index (κ1) is 91.0. The lowest BCUT2D eigenvalue weighted by Crippen LogP contribution is -2.28. The molecule has 12 nitrogen and oxygen atoms in total. The Bertz CT molecular complexity index is 5660. The molecule has 17 heteroatoms. The van der Waals surface area contributed by atoms with Crippen molar-refractivity contribution in [2.75, 3.05) is 26.4 Å². The van der Waals surface area contributed by atoms with Crippen molar-refractivity contribution in [1.82, 2.24) is 0 Å². The second-order valence-electron chi connectivity index (χ2n) is 26.6. The first-order valence-corrected chi connectivity index (χ1v) is 44.5. The molecule has 622 valence electrons. The molecule has 0 radical (unpaired) electrons. The van der Waals surface area contributed by atoms with Gasteiger partial charge in [0.1, 0.15) is 55.2 Å². The summed E-state index contributed by atoms with van der Waals surface area (Å²) in [7, 11) is -0.235. The minimum absolute atomic E-state index is 0.0146. The molecule has 0 saturated carbocycles. The fraction of sp³-hybridized carbons (Fsp3) is 0.0370. The molecule has 0 atom stereocenters. The van der Waals surface area contributed by atoms with Gasteiger partial charge in [-0.05, 0) is 205 Å². The zero-order valence-electron chi connectivity index (χ0n) is 67.8. The molecule has 1 aromatic heterocycles. The van der Waals surface area contributed by atoms with E-state index >= 15 is 0 Å². The number of carboxylic acids is 4. The second kappa shape index (κ2) is 50.5. The molecule has 0 aliphatic rings. The maximum atomic E-state index is 13.6. The fourth-order valence-electron chi connectivity index (χ4n) is 12.3. The second-order valence-corrected chi connectivity index (χ2v) is 34.6. The topological polar surface area (TPSA) is 197 Å². The normalized spacial score (nSPS) is 10.2. The van der Waals surface area contributed by atoms with E-state index < -0.39 is 50.3 Å². The lowest BCUT2D eigenvalue weighted by atomic mass is 10.1. The van der Waals surface area contributed by atoms with Crippen molar-refractivity contribution in [2.24, 2.45) is 0 Å². The number of fused-ring (bicyclic) bond motifs is 4. The summed E-state index contributed by atoms with van der Waals surface area (Å²) in [6.07, 6.45) is 0. The van der Waals surface area contributed by atoms with Crippen LogP contribution >= 0.6 is 10.5 Å². The molecule has 1 heterocycles. The Morgan fingerprint density at radius 2 is 0.456 bits per heavy atom. The summed E-state index contributed by atoms with van der Waals surface area (Å²) in [5.41, 5.74) is 0. The zero-order chi connectivity index (χ0) is 87.3. The number of rotatable bonds is 22. The molecule has 125 heavy (non-hydrogen) atoms. The van der Waals surface area contributed by atoms with Gasteiger partial charge in [0, 0.05) is 27.3 Å². The lowest BCUT2D eigenvalue weighted by Gasteiger charge is -2.07. The van der Waals surface area contributed by atoms with Gasteiger partial charge >= 0.3 is 0 Å². The SMILES string of the molecule is Fc1cccc([S+](c2ccccc2)c2ccccc2)c1.O=C([O-])COc1ccc2ccccc2c1.O=C([O-])COc1ccccc1.O=C([O-])COc1ccccc1.O=C([O-])COc1ccccc1.c1ccc(-[s+]2c3ccccc3c3ccccc32)cc1.c1ccc([S+](c2ccccc2)c2ccccc2)cc1.c1ccc([S+](c2ccccc2)c2ccccc2)cc1. The monoisotopic (exact) mass is 1720 g/mol. The Labute approximate surface area is 739 Å². The van der Waals surface area contributed by atoms with Crippen LogP contribution in [0.4, 0.5) is 4.39 Å². The van der Waals surface area contributed by atoms with Gasteiger partial charge in [0.25, 0.3) is 0 Å². The highest BCUT2D eigenvalue weighted by Crippen LogP contribution is 2.48. The third kappa shape index (κ3) is 29.8.